The van der Waals surface area contributed by atoms with Gasteiger partial charge in [-0.1, -0.05) is 25.7 Å². The van der Waals surface area contributed by atoms with Crippen molar-refractivity contribution in [2.75, 3.05) is 19.3 Å². The minimum atomic E-state index is 0.169. The van der Waals surface area contributed by atoms with Crippen molar-refractivity contribution in [3.05, 3.63) is 0 Å². The third-order valence-corrected chi connectivity index (χ3v) is 5.88. The fourth-order valence-electron chi connectivity index (χ4n) is 3.16. The molecule has 0 radical (unpaired) electrons. The molecule has 104 valence electrons. The third kappa shape index (κ3) is 3.89. The Morgan fingerprint density at radius 2 is 1.89 bits per heavy atom. The number of rotatable bonds is 6. The van der Waals surface area contributed by atoms with Crippen LogP contribution in [0.25, 0.3) is 0 Å². The van der Waals surface area contributed by atoms with Crippen LogP contribution in [0, 0.1) is 0 Å². The molecule has 0 bridgehead atoms. The smallest absolute Gasteiger partial charge is 0.234 e. The van der Waals surface area contributed by atoms with Crippen LogP contribution in [0.15, 0.2) is 0 Å². The molecule has 4 heteroatoms. The first-order chi connectivity index (χ1) is 8.74. The van der Waals surface area contributed by atoms with E-state index in [0.29, 0.717) is 17.3 Å². The summed E-state index contributed by atoms with van der Waals surface area (Å²) in [4.78, 5) is 11.8. The normalized spacial score (nSPS) is 23.4. The van der Waals surface area contributed by atoms with Crippen LogP contribution >= 0.6 is 11.8 Å². The standard InChI is InChI=1S/C14H26N2OS/c1-18-14(8-4-5-9-14)11-16-13(17)10-15-12-6-2-3-7-12/h12,15H,2-11H2,1H3,(H,16,17). The molecule has 0 heterocycles. The van der Waals surface area contributed by atoms with Gasteiger partial charge in [0, 0.05) is 17.3 Å². The van der Waals surface area contributed by atoms with E-state index in [1.165, 1.54) is 51.4 Å². The molecule has 2 fully saturated rings. The lowest BCUT2D eigenvalue weighted by Crippen LogP contribution is -2.43. The largest absolute Gasteiger partial charge is 0.354 e. The van der Waals surface area contributed by atoms with Gasteiger partial charge in [-0.15, -0.1) is 0 Å². The van der Waals surface area contributed by atoms with E-state index in [1.54, 1.807) is 0 Å². The van der Waals surface area contributed by atoms with E-state index >= 15 is 0 Å². The van der Waals surface area contributed by atoms with Crippen LogP contribution in [-0.4, -0.2) is 36.0 Å². The number of nitrogens with one attached hydrogen (secondary N) is 2. The Bertz CT molecular complexity index is 271. The molecule has 18 heavy (non-hydrogen) atoms. The first kappa shape index (κ1) is 14.2. The van der Waals surface area contributed by atoms with Crippen LogP contribution in [0.4, 0.5) is 0 Å². The Hall–Kier alpha value is -0.220. The minimum absolute atomic E-state index is 0.169. The van der Waals surface area contributed by atoms with Gasteiger partial charge in [0.2, 0.25) is 5.91 Å². The second kappa shape index (κ2) is 6.80. The van der Waals surface area contributed by atoms with Gasteiger partial charge < -0.3 is 10.6 Å². The van der Waals surface area contributed by atoms with Crippen molar-refractivity contribution in [2.24, 2.45) is 0 Å². The molecule has 0 aliphatic heterocycles. The lowest BCUT2D eigenvalue weighted by Gasteiger charge is -2.27. The van der Waals surface area contributed by atoms with Crippen molar-refractivity contribution in [1.29, 1.82) is 0 Å². The molecule has 2 rings (SSSR count). The van der Waals surface area contributed by atoms with Crippen molar-refractivity contribution in [3.63, 3.8) is 0 Å². The molecule has 0 aromatic rings. The maximum absolute atomic E-state index is 11.8. The van der Waals surface area contributed by atoms with E-state index in [2.05, 4.69) is 16.9 Å². The zero-order chi connectivity index (χ0) is 12.8. The lowest BCUT2D eigenvalue weighted by molar-refractivity contribution is -0.120. The number of carbonyl (C=O) groups excluding carboxylic acids is 1. The molecule has 0 aromatic carbocycles. The predicted octanol–water partition coefficient (Wildman–Crippen LogP) is 2.31. The van der Waals surface area contributed by atoms with Gasteiger partial charge in [0.1, 0.15) is 0 Å². The summed E-state index contributed by atoms with van der Waals surface area (Å²) in [5.41, 5.74) is 0. The van der Waals surface area contributed by atoms with Crippen LogP contribution in [0.3, 0.4) is 0 Å². The quantitative estimate of drug-likeness (QED) is 0.778. The van der Waals surface area contributed by atoms with Gasteiger partial charge in [-0.3, -0.25) is 4.79 Å². The SMILES string of the molecule is CSC1(CNC(=O)CNC2CCCC2)CCCC1. The molecule has 0 spiro atoms. The summed E-state index contributed by atoms with van der Waals surface area (Å²) in [6.07, 6.45) is 12.4. The Balaban J connectivity index is 1.64. The number of thioether (sulfide) groups is 1. The zero-order valence-electron chi connectivity index (χ0n) is 11.5. The van der Waals surface area contributed by atoms with Crippen molar-refractivity contribution in [2.45, 2.75) is 62.2 Å². The topological polar surface area (TPSA) is 41.1 Å². The first-order valence-corrected chi connectivity index (χ1v) is 8.52. The third-order valence-electron chi connectivity index (χ3n) is 4.46. The van der Waals surface area contributed by atoms with E-state index in [-0.39, 0.29) is 5.91 Å². The predicted molar refractivity (Wildman–Crippen MR) is 78.0 cm³/mol. The van der Waals surface area contributed by atoms with Crippen LogP contribution in [0.1, 0.15) is 51.4 Å². The number of hydrogen-bond donors (Lipinski definition) is 2. The Kier molecular flexibility index (Phi) is 5.37. The molecule has 0 unspecified atom stereocenters. The highest BCUT2D eigenvalue weighted by Gasteiger charge is 2.33. The van der Waals surface area contributed by atoms with Crippen LogP contribution in [0.2, 0.25) is 0 Å². The molecule has 2 N–H and O–H groups in total. The van der Waals surface area contributed by atoms with Crippen molar-refractivity contribution < 1.29 is 4.79 Å². The molecule has 3 nitrogen and oxygen atoms in total. The van der Waals surface area contributed by atoms with E-state index in [0.717, 1.165) is 6.54 Å². The summed E-state index contributed by atoms with van der Waals surface area (Å²) in [5, 5.41) is 6.49. The van der Waals surface area contributed by atoms with Gasteiger partial charge >= 0.3 is 0 Å². The summed E-state index contributed by atoms with van der Waals surface area (Å²) in [7, 11) is 0. The van der Waals surface area contributed by atoms with Gasteiger partial charge in [-0.2, -0.15) is 11.8 Å². The van der Waals surface area contributed by atoms with E-state index in [1.807, 2.05) is 11.8 Å². The summed E-state index contributed by atoms with van der Waals surface area (Å²) >= 11 is 1.93. The summed E-state index contributed by atoms with van der Waals surface area (Å²) in [6, 6.07) is 0.580. The fraction of sp³-hybridized carbons (Fsp3) is 0.929. The average Bonchev–Trinajstić information content (AvgIpc) is 3.06. The molecule has 0 aromatic heterocycles. The van der Waals surface area contributed by atoms with Crippen molar-refractivity contribution in [1.82, 2.24) is 10.6 Å². The Labute approximate surface area is 115 Å². The molecular weight excluding hydrogens is 244 g/mol. The Morgan fingerprint density at radius 3 is 2.50 bits per heavy atom. The summed E-state index contributed by atoms with van der Waals surface area (Å²) in [5.74, 6) is 0.169. The number of amides is 1. The molecule has 0 saturated heterocycles. The van der Waals surface area contributed by atoms with Gasteiger partial charge in [-0.05, 0) is 31.9 Å². The maximum Gasteiger partial charge on any atom is 0.234 e. The molecule has 1 amide bonds. The van der Waals surface area contributed by atoms with Crippen LogP contribution in [-0.2, 0) is 4.79 Å². The molecule has 0 atom stereocenters. The van der Waals surface area contributed by atoms with Crippen LogP contribution < -0.4 is 10.6 Å². The number of carbonyl (C=O) groups is 1. The van der Waals surface area contributed by atoms with Crippen molar-refractivity contribution >= 4 is 17.7 Å². The highest BCUT2D eigenvalue weighted by atomic mass is 32.2. The maximum atomic E-state index is 11.8. The van der Waals surface area contributed by atoms with Gasteiger partial charge in [0.15, 0.2) is 0 Å². The highest BCUT2D eigenvalue weighted by molar-refractivity contribution is 8.00. The molecular formula is C14H26N2OS. The molecule has 2 aliphatic carbocycles. The van der Waals surface area contributed by atoms with E-state index in [4.69, 9.17) is 0 Å². The molecule has 2 saturated carbocycles. The zero-order valence-corrected chi connectivity index (χ0v) is 12.3. The summed E-state index contributed by atoms with van der Waals surface area (Å²) in [6.45, 7) is 1.34. The molecule has 2 aliphatic rings. The summed E-state index contributed by atoms with van der Waals surface area (Å²) < 4.78 is 0.322. The van der Waals surface area contributed by atoms with Gasteiger partial charge in [-0.25, -0.2) is 0 Å². The van der Waals surface area contributed by atoms with E-state index in [9.17, 15) is 4.79 Å². The average molecular weight is 270 g/mol. The first-order valence-electron chi connectivity index (χ1n) is 7.29. The second-order valence-corrected chi connectivity index (χ2v) is 7.01. The monoisotopic (exact) mass is 270 g/mol. The van der Waals surface area contributed by atoms with Gasteiger partial charge in [0.25, 0.3) is 0 Å². The highest BCUT2D eigenvalue weighted by Crippen LogP contribution is 2.39. The second-order valence-electron chi connectivity index (χ2n) is 5.73. The van der Waals surface area contributed by atoms with Crippen LogP contribution in [0.5, 0.6) is 0 Å². The lowest BCUT2D eigenvalue weighted by atomic mass is 10.1. The number of hydrogen-bond acceptors (Lipinski definition) is 3. The fourth-order valence-corrected chi connectivity index (χ4v) is 4.07. The minimum Gasteiger partial charge on any atom is -0.354 e. The van der Waals surface area contributed by atoms with E-state index < -0.39 is 0 Å². The van der Waals surface area contributed by atoms with Gasteiger partial charge in [0.05, 0.1) is 6.54 Å². The Morgan fingerprint density at radius 1 is 1.22 bits per heavy atom. The van der Waals surface area contributed by atoms with Crippen molar-refractivity contribution in [3.8, 4) is 0 Å².